The number of rotatable bonds is 5. The van der Waals surface area contributed by atoms with Crippen LogP contribution in [0.5, 0.6) is 0 Å². The minimum absolute atomic E-state index is 0.251. The first-order chi connectivity index (χ1) is 5.00. The van der Waals surface area contributed by atoms with Crippen LogP contribution in [0.15, 0.2) is 0 Å². The Morgan fingerprint density at radius 3 is 2.45 bits per heavy atom. The number of halogens is 1. The largest absolute Gasteiger partial charge is 0.479 e. The third kappa shape index (κ3) is 4.19. The summed E-state index contributed by atoms with van der Waals surface area (Å²) < 4.78 is 0. The molecular weight excluding hydrogens is 168 g/mol. The van der Waals surface area contributed by atoms with Crippen molar-refractivity contribution in [3.8, 4) is 0 Å². The molecule has 0 aromatic heterocycles. The highest BCUT2D eigenvalue weighted by atomic mass is 35.5. The van der Waals surface area contributed by atoms with Gasteiger partial charge in [-0.3, -0.25) is 0 Å². The number of unbranched alkanes of at least 4 members (excludes halogenated alkanes) is 1. The molecule has 1 atom stereocenters. The third-order valence-electron chi connectivity index (χ3n) is 1.35. The van der Waals surface area contributed by atoms with Crippen molar-refractivity contribution < 1.29 is 9.90 Å². The SMILES string of the molecule is NCCCC[C@@](N)(Cl)C(=O)O. The maximum Gasteiger partial charge on any atom is 0.339 e. The van der Waals surface area contributed by atoms with E-state index in [1.165, 1.54) is 0 Å². The van der Waals surface area contributed by atoms with Gasteiger partial charge in [-0.15, -0.1) is 0 Å². The maximum absolute atomic E-state index is 10.3. The van der Waals surface area contributed by atoms with Gasteiger partial charge in [0.05, 0.1) is 0 Å². The van der Waals surface area contributed by atoms with Gasteiger partial charge in [-0.05, 0) is 25.8 Å². The molecule has 5 N–H and O–H groups in total. The summed E-state index contributed by atoms with van der Waals surface area (Å²) in [5.41, 5.74) is 10.4. The summed E-state index contributed by atoms with van der Waals surface area (Å²) >= 11 is 5.44. The lowest BCUT2D eigenvalue weighted by Crippen LogP contribution is -2.42. The summed E-state index contributed by atoms with van der Waals surface area (Å²) in [4.78, 5) is 8.71. The van der Waals surface area contributed by atoms with Crippen molar-refractivity contribution in [1.82, 2.24) is 0 Å². The van der Waals surface area contributed by atoms with Crippen LogP contribution in [0, 0.1) is 0 Å². The summed E-state index contributed by atoms with van der Waals surface area (Å²) in [6.45, 7) is 0.534. The zero-order chi connectivity index (χ0) is 8.91. The summed E-state index contributed by atoms with van der Waals surface area (Å²) in [7, 11) is 0. The normalized spacial score (nSPS) is 15.9. The second-order valence-electron chi connectivity index (χ2n) is 2.41. The third-order valence-corrected chi connectivity index (χ3v) is 1.70. The molecule has 4 nitrogen and oxygen atoms in total. The van der Waals surface area contributed by atoms with Gasteiger partial charge in [-0.25, -0.2) is 4.79 Å². The lowest BCUT2D eigenvalue weighted by Gasteiger charge is -2.15. The van der Waals surface area contributed by atoms with E-state index in [2.05, 4.69) is 0 Å². The Morgan fingerprint density at radius 1 is 1.55 bits per heavy atom. The molecule has 0 aliphatic heterocycles. The van der Waals surface area contributed by atoms with E-state index in [0.717, 1.165) is 6.42 Å². The molecule has 0 amide bonds. The molecule has 0 fully saturated rings. The van der Waals surface area contributed by atoms with Crippen molar-refractivity contribution in [3.05, 3.63) is 0 Å². The van der Waals surface area contributed by atoms with Crippen LogP contribution < -0.4 is 11.5 Å². The maximum atomic E-state index is 10.3. The molecule has 0 saturated carbocycles. The summed E-state index contributed by atoms with van der Waals surface area (Å²) in [6, 6.07) is 0. The fraction of sp³-hybridized carbons (Fsp3) is 0.833. The minimum atomic E-state index is -1.62. The number of nitrogens with two attached hydrogens (primary N) is 2. The van der Waals surface area contributed by atoms with E-state index < -0.39 is 11.0 Å². The Labute approximate surface area is 70.5 Å². The lowest BCUT2D eigenvalue weighted by molar-refractivity contribution is -0.140. The van der Waals surface area contributed by atoms with Crippen LogP contribution in [0.1, 0.15) is 19.3 Å². The van der Waals surface area contributed by atoms with E-state index in [9.17, 15) is 4.79 Å². The molecular formula is C6H13ClN2O2. The van der Waals surface area contributed by atoms with Crippen LogP contribution in [-0.2, 0) is 4.79 Å². The summed E-state index contributed by atoms with van der Waals surface area (Å²) in [6.07, 6.45) is 1.64. The van der Waals surface area contributed by atoms with Crippen LogP contribution in [0.25, 0.3) is 0 Å². The molecule has 0 aliphatic rings. The Kier molecular flexibility index (Phi) is 4.40. The van der Waals surface area contributed by atoms with Gasteiger partial charge in [0.15, 0.2) is 5.00 Å². The van der Waals surface area contributed by atoms with E-state index in [1.807, 2.05) is 0 Å². The fourth-order valence-electron chi connectivity index (χ4n) is 0.634. The van der Waals surface area contributed by atoms with Gasteiger partial charge in [0, 0.05) is 0 Å². The number of carboxylic acids is 1. The van der Waals surface area contributed by atoms with Crippen molar-refractivity contribution in [2.75, 3.05) is 6.54 Å². The van der Waals surface area contributed by atoms with Gasteiger partial charge in [0.1, 0.15) is 0 Å². The van der Waals surface area contributed by atoms with Crippen molar-refractivity contribution >= 4 is 17.6 Å². The fourth-order valence-corrected chi connectivity index (χ4v) is 0.767. The molecule has 0 bridgehead atoms. The highest BCUT2D eigenvalue weighted by Crippen LogP contribution is 2.15. The molecule has 0 aromatic carbocycles. The monoisotopic (exact) mass is 180 g/mol. The molecule has 0 spiro atoms. The first kappa shape index (κ1) is 10.7. The average molecular weight is 181 g/mol. The van der Waals surface area contributed by atoms with E-state index in [1.54, 1.807) is 0 Å². The molecule has 11 heavy (non-hydrogen) atoms. The standard InChI is InChI=1S/C6H13ClN2O2/c7-6(9,5(10)11)3-1-2-4-8/h1-4,8-9H2,(H,10,11)/t6-/m0/s1. The number of carbonyl (C=O) groups is 1. The van der Waals surface area contributed by atoms with Crippen LogP contribution in [0.3, 0.4) is 0 Å². The topological polar surface area (TPSA) is 89.3 Å². The smallest absolute Gasteiger partial charge is 0.339 e. The van der Waals surface area contributed by atoms with Gasteiger partial charge in [-0.2, -0.15) is 0 Å². The number of carboxylic acid groups (broad SMARTS) is 1. The Bertz CT molecular complexity index is 139. The van der Waals surface area contributed by atoms with Gasteiger partial charge < -0.3 is 16.6 Å². The second kappa shape index (κ2) is 4.54. The van der Waals surface area contributed by atoms with Crippen LogP contribution >= 0.6 is 11.6 Å². The number of alkyl halides is 1. The number of aliphatic carboxylic acids is 1. The quantitative estimate of drug-likeness (QED) is 0.318. The molecule has 0 aliphatic carbocycles. The predicted molar refractivity (Wildman–Crippen MR) is 43.3 cm³/mol. The minimum Gasteiger partial charge on any atom is -0.479 e. The first-order valence-corrected chi connectivity index (χ1v) is 3.80. The predicted octanol–water partition coefficient (Wildman–Crippen LogP) is 0.0938. The highest BCUT2D eigenvalue weighted by Gasteiger charge is 2.29. The molecule has 0 radical (unpaired) electrons. The van der Waals surface area contributed by atoms with Crippen molar-refractivity contribution in [3.63, 3.8) is 0 Å². The zero-order valence-corrected chi connectivity index (χ0v) is 6.97. The number of hydrogen-bond donors (Lipinski definition) is 3. The van der Waals surface area contributed by atoms with E-state index in [4.69, 9.17) is 28.2 Å². The summed E-state index contributed by atoms with van der Waals surface area (Å²) in [5.74, 6) is -1.18. The molecule has 5 heteroatoms. The van der Waals surface area contributed by atoms with E-state index in [0.29, 0.717) is 13.0 Å². The molecule has 0 heterocycles. The molecule has 66 valence electrons. The Morgan fingerprint density at radius 2 is 2.09 bits per heavy atom. The van der Waals surface area contributed by atoms with Crippen molar-refractivity contribution in [2.24, 2.45) is 11.5 Å². The lowest BCUT2D eigenvalue weighted by atomic mass is 10.1. The first-order valence-electron chi connectivity index (χ1n) is 3.42. The van der Waals surface area contributed by atoms with Crippen molar-refractivity contribution in [1.29, 1.82) is 0 Å². The van der Waals surface area contributed by atoms with Crippen LogP contribution in [0.4, 0.5) is 0 Å². The van der Waals surface area contributed by atoms with Crippen LogP contribution in [-0.4, -0.2) is 22.6 Å². The molecule has 0 rings (SSSR count). The van der Waals surface area contributed by atoms with Gasteiger partial charge in [0.25, 0.3) is 0 Å². The van der Waals surface area contributed by atoms with Crippen LogP contribution in [0.2, 0.25) is 0 Å². The van der Waals surface area contributed by atoms with E-state index >= 15 is 0 Å². The molecule has 0 saturated heterocycles. The van der Waals surface area contributed by atoms with Gasteiger partial charge >= 0.3 is 5.97 Å². The average Bonchev–Trinajstić information content (AvgIpc) is 1.88. The summed E-state index contributed by atoms with van der Waals surface area (Å²) in [5, 5.41) is 8.45. The Hall–Kier alpha value is -0.320. The second-order valence-corrected chi connectivity index (χ2v) is 3.09. The van der Waals surface area contributed by atoms with Crippen molar-refractivity contribution in [2.45, 2.75) is 24.3 Å². The Balaban J connectivity index is 3.64. The number of hydrogen-bond acceptors (Lipinski definition) is 3. The zero-order valence-electron chi connectivity index (χ0n) is 6.22. The van der Waals surface area contributed by atoms with Gasteiger partial charge in [-0.1, -0.05) is 11.6 Å². The molecule has 0 aromatic rings. The molecule has 0 unspecified atom stereocenters. The van der Waals surface area contributed by atoms with E-state index in [-0.39, 0.29) is 6.42 Å². The highest BCUT2D eigenvalue weighted by molar-refractivity contribution is 6.33. The van der Waals surface area contributed by atoms with Gasteiger partial charge in [0.2, 0.25) is 0 Å².